The SMILES string of the molecule is CC(C)(C)OC(=O)CCOCCOCCOCCOCCOCC(CNC(=O)/C=C\C(=O)O)(CNC(=O)/C=C\C(=O)O)CNC(=O)/C=C\C(=O)O. The first kappa shape index (κ1) is 46.3. The minimum atomic E-state index is -1.37. The number of carboxylic acid groups (broad SMARTS) is 3. The van der Waals surface area contributed by atoms with Crippen LogP contribution in [-0.4, -0.2) is 148 Å². The van der Waals surface area contributed by atoms with Gasteiger partial charge in [0.25, 0.3) is 0 Å². The van der Waals surface area contributed by atoms with Gasteiger partial charge in [-0.15, -0.1) is 0 Å². The first-order valence-electron chi connectivity index (χ1n) is 15.7. The molecule has 3 amide bonds. The summed E-state index contributed by atoms with van der Waals surface area (Å²) in [5.41, 5.74) is -1.84. The summed E-state index contributed by atoms with van der Waals surface area (Å²) in [7, 11) is 0. The number of aliphatic carboxylic acids is 3. The minimum Gasteiger partial charge on any atom is -0.478 e. The van der Waals surface area contributed by atoms with Crippen molar-refractivity contribution in [2.45, 2.75) is 32.8 Å². The molecule has 288 valence electrons. The Morgan fingerprint density at radius 2 is 0.804 bits per heavy atom. The molecule has 0 saturated heterocycles. The number of ether oxygens (including phenoxy) is 6. The van der Waals surface area contributed by atoms with Crippen LogP contribution in [0.25, 0.3) is 0 Å². The van der Waals surface area contributed by atoms with Crippen molar-refractivity contribution in [3.05, 3.63) is 36.5 Å². The van der Waals surface area contributed by atoms with Crippen LogP contribution in [0.3, 0.4) is 0 Å². The number of hydrogen-bond donors (Lipinski definition) is 6. The summed E-state index contributed by atoms with van der Waals surface area (Å²) in [6, 6.07) is 0. The number of amides is 3. The van der Waals surface area contributed by atoms with Crippen molar-refractivity contribution in [1.82, 2.24) is 16.0 Å². The van der Waals surface area contributed by atoms with E-state index in [0.717, 1.165) is 18.2 Å². The van der Waals surface area contributed by atoms with Crippen LogP contribution in [0.1, 0.15) is 27.2 Å². The molecule has 0 heterocycles. The van der Waals surface area contributed by atoms with Crippen molar-refractivity contribution >= 4 is 41.6 Å². The minimum absolute atomic E-state index is 0.0192. The van der Waals surface area contributed by atoms with E-state index in [2.05, 4.69) is 16.0 Å². The highest BCUT2D eigenvalue weighted by Crippen LogP contribution is 2.16. The number of carbonyl (C=O) groups excluding carboxylic acids is 4. The van der Waals surface area contributed by atoms with Crippen LogP contribution in [0.4, 0.5) is 0 Å². The van der Waals surface area contributed by atoms with Gasteiger partial charge in [-0.25, -0.2) is 14.4 Å². The third kappa shape index (κ3) is 29.9. The maximum absolute atomic E-state index is 12.2. The van der Waals surface area contributed by atoms with Crippen molar-refractivity contribution < 1.29 is 77.3 Å². The molecule has 0 rings (SSSR count). The van der Waals surface area contributed by atoms with Gasteiger partial charge in [-0.05, 0) is 20.8 Å². The lowest BCUT2D eigenvalue weighted by molar-refractivity contribution is -0.156. The second-order valence-corrected chi connectivity index (χ2v) is 11.5. The summed E-state index contributed by atoms with van der Waals surface area (Å²) in [6.07, 6.45) is 4.22. The zero-order chi connectivity index (χ0) is 38.5. The number of esters is 1. The van der Waals surface area contributed by atoms with E-state index < -0.39 is 46.6 Å². The molecule has 19 heteroatoms. The van der Waals surface area contributed by atoms with Gasteiger partial charge in [0.2, 0.25) is 17.7 Å². The zero-order valence-corrected chi connectivity index (χ0v) is 29.0. The van der Waals surface area contributed by atoms with Gasteiger partial charge in [0, 0.05) is 61.5 Å². The maximum atomic E-state index is 12.2. The van der Waals surface area contributed by atoms with Crippen LogP contribution in [0.2, 0.25) is 0 Å². The monoisotopic (exact) mass is 731 g/mol. The molecule has 0 atom stereocenters. The van der Waals surface area contributed by atoms with Crippen LogP contribution in [0, 0.1) is 5.41 Å². The lowest BCUT2D eigenvalue weighted by Gasteiger charge is -2.34. The fourth-order valence-electron chi connectivity index (χ4n) is 3.50. The third-order valence-corrected chi connectivity index (χ3v) is 5.81. The largest absolute Gasteiger partial charge is 0.478 e. The molecular weight excluding hydrogens is 682 g/mol. The van der Waals surface area contributed by atoms with Crippen LogP contribution < -0.4 is 16.0 Å². The Kier molecular flexibility index (Phi) is 24.6. The highest BCUT2D eigenvalue weighted by atomic mass is 16.6. The Hall–Kier alpha value is -4.69. The first-order chi connectivity index (χ1) is 24.0. The van der Waals surface area contributed by atoms with E-state index in [4.69, 9.17) is 43.7 Å². The van der Waals surface area contributed by atoms with Crippen molar-refractivity contribution in [2.24, 2.45) is 5.41 Å². The van der Waals surface area contributed by atoms with Crippen LogP contribution in [0.15, 0.2) is 36.5 Å². The van der Waals surface area contributed by atoms with Gasteiger partial charge < -0.3 is 59.7 Å². The molecule has 0 aliphatic rings. The van der Waals surface area contributed by atoms with Crippen LogP contribution in [0.5, 0.6) is 0 Å². The second-order valence-electron chi connectivity index (χ2n) is 11.5. The number of nitrogens with one attached hydrogen (secondary N) is 3. The predicted octanol–water partition coefficient (Wildman–Crippen LogP) is -0.941. The molecule has 0 aliphatic heterocycles. The average Bonchev–Trinajstić information content (AvgIpc) is 3.04. The summed E-state index contributed by atoms with van der Waals surface area (Å²) in [6.45, 7) is 6.36. The van der Waals surface area contributed by atoms with E-state index in [-0.39, 0.29) is 71.7 Å². The van der Waals surface area contributed by atoms with Crippen LogP contribution >= 0.6 is 0 Å². The normalized spacial score (nSPS) is 11.9. The number of hydrogen-bond acceptors (Lipinski definition) is 13. The highest BCUT2D eigenvalue weighted by molar-refractivity contribution is 5.95. The molecule has 0 aliphatic carbocycles. The average molecular weight is 732 g/mol. The Morgan fingerprint density at radius 3 is 1.12 bits per heavy atom. The van der Waals surface area contributed by atoms with Gasteiger partial charge in [0.05, 0.1) is 72.5 Å². The Bertz CT molecular complexity index is 1110. The maximum Gasteiger partial charge on any atom is 0.328 e. The molecule has 0 unspecified atom stereocenters. The summed E-state index contributed by atoms with van der Waals surface area (Å²) in [5.74, 6) is -6.89. The number of carbonyl (C=O) groups is 7. The van der Waals surface area contributed by atoms with E-state index in [1.165, 1.54) is 0 Å². The van der Waals surface area contributed by atoms with E-state index in [1.807, 2.05) is 0 Å². The molecule has 0 bridgehead atoms. The molecule has 0 spiro atoms. The molecule has 0 aromatic rings. The van der Waals surface area contributed by atoms with Gasteiger partial charge in [0.1, 0.15) is 5.60 Å². The quantitative estimate of drug-likeness (QED) is 0.0308. The Labute approximate surface area is 295 Å². The zero-order valence-electron chi connectivity index (χ0n) is 29.0. The van der Waals surface area contributed by atoms with Crippen molar-refractivity contribution in [3.63, 3.8) is 0 Å². The fraction of sp³-hybridized carbons (Fsp3) is 0.594. The van der Waals surface area contributed by atoms with Crippen molar-refractivity contribution in [3.8, 4) is 0 Å². The van der Waals surface area contributed by atoms with Gasteiger partial charge in [-0.2, -0.15) is 0 Å². The molecule has 0 saturated carbocycles. The Balaban J connectivity index is 4.83. The smallest absolute Gasteiger partial charge is 0.328 e. The second kappa shape index (κ2) is 27.1. The number of carboxylic acids is 3. The van der Waals surface area contributed by atoms with Gasteiger partial charge in [-0.3, -0.25) is 19.2 Å². The number of rotatable bonds is 29. The Morgan fingerprint density at radius 1 is 0.490 bits per heavy atom. The van der Waals surface area contributed by atoms with E-state index >= 15 is 0 Å². The van der Waals surface area contributed by atoms with Gasteiger partial charge in [-0.1, -0.05) is 0 Å². The molecule has 0 radical (unpaired) electrons. The van der Waals surface area contributed by atoms with E-state index in [1.54, 1.807) is 20.8 Å². The molecule has 0 aromatic carbocycles. The summed E-state index contributed by atoms with van der Waals surface area (Å²) >= 11 is 0. The summed E-state index contributed by atoms with van der Waals surface area (Å²) < 4.78 is 32.5. The molecular formula is C32H49N3O16. The van der Waals surface area contributed by atoms with Gasteiger partial charge in [0.15, 0.2) is 0 Å². The van der Waals surface area contributed by atoms with Gasteiger partial charge >= 0.3 is 23.9 Å². The van der Waals surface area contributed by atoms with Crippen molar-refractivity contribution in [1.29, 1.82) is 0 Å². The molecule has 0 aromatic heterocycles. The lowest BCUT2D eigenvalue weighted by atomic mass is 9.88. The van der Waals surface area contributed by atoms with Crippen molar-refractivity contribution in [2.75, 3.05) is 85.7 Å². The van der Waals surface area contributed by atoms with E-state index in [9.17, 15) is 33.6 Å². The molecule has 19 nitrogen and oxygen atoms in total. The third-order valence-electron chi connectivity index (χ3n) is 5.81. The van der Waals surface area contributed by atoms with Crippen LogP contribution in [-0.2, 0) is 62.0 Å². The standard InChI is InChI=1S/C32H49N3O16/c1-31(2,3)51-30(45)10-11-46-12-13-47-14-15-48-16-17-49-18-19-50-23-32(20-33-24(36)4-7-27(39)40,21-34-25(37)5-8-28(41)42)22-35-26(38)6-9-29(43)44/h4-9H,10-23H2,1-3H3,(H,33,36)(H,34,37)(H,35,38)(H,39,40)(H,41,42)(H,43,44)/b7-4-,8-5-,9-6-. The molecule has 0 fully saturated rings. The van der Waals surface area contributed by atoms with E-state index in [0.29, 0.717) is 44.7 Å². The fourth-order valence-corrected chi connectivity index (χ4v) is 3.50. The topological polar surface area (TPSA) is 272 Å². The predicted molar refractivity (Wildman–Crippen MR) is 176 cm³/mol. The highest BCUT2D eigenvalue weighted by Gasteiger charge is 2.32. The molecule has 51 heavy (non-hydrogen) atoms. The summed E-state index contributed by atoms with van der Waals surface area (Å²) in [5, 5.41) is 33.7. The first-order valence-corrected chi connectivity index (χ1v) is 15.7. The molecule has 6 N–H and O–H groups in total. The lowest BCUT2D eigenvalue weighted by Crippen LogP contribution is -2.54. The summed E-state index contributed by atoms with van der Waals surface area (Å²) in [4.78, 5) is 80.5.